The topological polar surface area (TPSA) is 133 Å². The largest absolute Gasteiger partial charge is 0.543 e. The van der Waals surface area contributed by atoms with Gasteiger partial charge in [-0.15, -0.1) is 0 Å². The maximum absolute atomic E-state index is 12.8. The number of nitrogens with zero attached hydrogens (tertiary/aromatic N) is 4. The number of piperidine rings is 1. The summed E-state index contributed by atoms with van der Waals surface area (Å²) in [5.41, 5.74) is 1.99. The molecule has 0 radical (unpaired) electrons. The van der Waals surface area contributed by atoms with Gasteiger partial charge in [-0.25, -0.2) is 23.2 Å². The van der Waals surface area contributed by atoms with E-state index in [2.05, 4.69) is 74.2 Å². The van der Waals surface area contributed by atoms with Crippen molar-refractivity contribution in [3.05, 3.63) is 58.9 Å². The van der Waals surface area contributed by atoms with Crippen LogP contribution in [0.3, 0.4) is 0 Å². The second-order valence-electron chi connectivity index (χ2n) is 13.6. The van der Waals surface area contributed by atoms with Crippen LogP contribution in [-0.4, -0.2) is 62.1 Å². The summed E-state index contributed by atoms with van der Waals surface area (Å²) in [5, 5.41) is 21.8. The summed E-state index contributed by atoms with van der Waals surface area (Å²) in [5.74, 6) is 0.905. The number of amides is 1. The normalized spacial score (nSPS) is 19.0. The summed E-state index contributed by atoms with van der Waals surface area (Å²) < 4.78 is 32.3. The molecule has 1 N–H and O–H groups in total. The Morgan fingerprint density at radius 3 is 2.44 bits per heavy atom. The Kier molecular flexibility index (Phi) is 7.84. The second-order valence-corrected chi connectivity index (χ2v) is 20.2. The molecule has 2 aromatic carbocycles. The molecule has 1 unspecified atom stereocenters. The molecule has 228 valence electrons. The third kappa shape index (κ3) is 5.87. The molecule has 1 aliphatic heterocycles. The Hall–Kier alpha value is -3.49. The maximum Gasteiger partial charge on any atom is 0.407 e. The van der Waals surface area contributed by atoms with Gasteiger partial charge in [0.25, 0.3) is 0 Å². The number of carboxylic acid groups (broad SMARTS) is 1. The highest BCUT2D eigenvalue weighted by atomic mass is 32.2. The fourth-order valence-electron chi connectivity index (χ4n) is 6.06. The lowest BCUT2D eigenvalue weighted by molar-refractivity contribution is 0.124. The van der Waals surface area contributed by atoms with E-state index in [-0.39, 0.29) is 42.0 Å². The molecule has 0 saturated carbocycles. The zero-order chi connectivity index (χ0) is 31.4. The molecule has 1 amide bonds. The minimum atomic E-state index is -3.77. The third-order valence-electron chi connectivity index (χ3n) is 9.63. The first-order chi connectivity index (χ1) is 20.0. The van der Waals surface area contributed by atoms with Gasteiger partial charge in [0.15, 0.2) is 0 Å². The molecule has 5 rings (SSSR count). The van der Waals surface area contributed by atoms with Crippen molar-refractivity contribution in [2.75, 3.05) is 19.3 Å². The number of nitriles is 1. The summed E-state index contributed by atoms with van der Waals surface area (Å²) in [6, 6.07) is 14.9. The summed E-state index contributed by atoms with van der Waals surface area (Å²) in [6.45, 7) is 11.5. The van der Waals surface area contributed by atoms with Gasteiger partial charge < -0.3 is 14.4 Å². The third-order valence-corrected chi connectivity index (χ3v) is 14.8. The van der Waals surface area contributed by atoms with Gasteiger partial charge in [-0.3, -0.25) is 0 Å². The molecule has 1 aliphatic carbocycles. The van der Waals surface area contributed by atoms with E-state index in [1.165, 1.54) is 4.90 Å². The van der Waals surface area contributed by atoms with Crippen LogP contribution < -0.4 is 4.43 Å². The quantitative estimate of drug-likeness (QED) is 0.262. The Morgan fingerprint density at radius 1 is 1.16 bits per heavy atom. The van der Waals surface area contributed by atoms with Crippen LogP contribution in [0.1, 0.15) is 68.5 Å². The van der Waals surface area contributed by atoms with Crippen LogP contribution in [0.25, 0.3) is 10.8 Å². The smallest absolute Gasteiger partial charge is 0.407 e. The zero-order valence-corrected chi connectivity index (χ0v) is 27.6. The Balaban J connectivity index is 1.59. The number of fused-ring (bicyclic) bond motifs is 2. The molecule has 0 spiro atoms. The van der Waals surface area contributed by atoms with E-state index in [1.54, 1.807) is 0 Å². The van der Waals surface area contributed by atoms with Gasteiger partial charge in [0.1, 0.15) is 11.2 Å². The van der Waals surface area contributed by atoms with Gasteiger partial charge in [0.2, 0.25) is 23.3 Å². The first-order valence-electron chi connectivity index (χ1n) is 14.8. The number of hydrogen-bond donors (Lipinski definition) is 1. The molecule has 1 saturated heterocycles. The number of rotatable bonds is 5. The fourth-order valence-corrected chi connectivity index (χ4v) is 7.60. The van der Waals surface area contributed by atoms with Crippen LogP contribution in [0, 0.1) is 11.3 Å². The number of aromatic nitrogens is 2. The minimum Gasteiger partial charge on any atom is -0.543 e. The van der Waals surface area contributed by atoms with Gasteiger partial charge in [-0.05, 0) is 90.2 Å². The zero-order valence-electron chi connectivity index (χ0n) is 25.8. The van der Waals surface area contributed by atoms with Crippen molar-refractivity contribution in [1.82, 2.24) is 14.9 Å². The Bertz CT molecular complexity index is 1730. The van der Waals surface area contributed by atoms with E-state index in [4.69, 9.17) is 4.43 Å². The van der Waals surface area contributed by atoms with E-state index in [0.29, 0.717) is 24.2 Å². The highest BCUT2D eigenvalue weighted by molar-refractivity contribution is 7.90. The van der Waals surface area contributed by atoms with E-state index in [9.17, 15) is 23.6 Å². The van der Waals surface area contributed by atoms with Gasteiger partial charge in [0, 0.05) is 25.0 Å². The van der Waals surface area contributed by atoms with Gasteiger partial charge in [0.05, 0.1) is 11.8 Å². The first-order valence-corrected chi connectivity index (χ1v) is 19.6. The average Bonchev–Trinajstić information content (AvgIpc) is 2.94. The number of likely N-dealkylation sites (tertiary alicyclic amines) is 1. The van der Waals surface area contributed by atoms with Gasteiger partial charge >= 0.3 is 6.09 Å². The van der Waals surface area contributed by atoms with E-state index >= 15 is 0 Å². The van der Waals surface area contributed by atoms with E-state index < -0.39 is 29.7 Å². The number of sulfone groups is 1. The van der Waals surface area contributed by atoms with Crippen molar-refractivity contribution in [2.45, 2.75) is 87.5 Å². The van der Waals surface area contributed by atoms with Crippen molar-refractivity contribution >= 4 is 35.0 Å². The highest BCUT2D eigenvalue weighted by Gasteiger charge is 2.43. The van der Waals surface area contributed by atoms with Gasteiger partial charge in [-0.2, -0.15) is 5.26 Å². The highest BCUT2D eigenvalue weighted by Crippen LogP contribution is 2.44. The SMILES string of the molecule is CC(C)(C)[Si](C)(C)Oc1cc(C2CCc3c(nc(S(C)(=O)=O)nc3C3(C#N)CCN(C(=O)O)CC3)C2)c2ccccc2c1. The molecular formula is C32H40N4O5SSi. The molecule has 43 heavy (non-hydrogen) atoms. The fraction of sp³-hybridized carbons (Fsp3) is 0.500. The van der Waals surface area contributed by atoms with Gasteiger partial charge in [-0.1, -0.05) is 45.0 Å². The molecule has 2 heterocycles. The maximum atomic E-state index is 12.8. The molecule has 9 nitrogen and oxygen atoms in total. The molecule has 1 fully saturated rings. The average molecular weight is 621 g/mol. The van der Waals surface area contributed by atoms with Crippen LogP contribution in [-0.2, 0) is 28.1 Å². The van der Waals surface area contributed by atoms with Crippen LogP contribution >= 0.6 is 0 Å². The monoisotopic (exact) mass is 620 g/mol. The predicted octanol–water partition coefficient (Wildman–Crippen LogP) is 6.22. The summed E-state index contributed by atoms with van der Waals surface area (Å²) in [4.78, 5) is 21.9. The summed E-state index contributed by atoms with van der Waals surface area (Å²) in [7, 11) is -5.87. The molecular weight excluding hydrogens is 581 g/mol. The van der Waals surface area contributed by atoms with Crippen molar-refractivity contribution in [3.63, 3.8) is 0 Å². The molecule has 11 heteroatoms. The van der Waals surface area contributed by atoms with Crippen molar-refractivity contribution < 1.29 is 22.7 Å². The Morgan fingerprint density at radius 2 is 1.84 bits per heavy atom. The predicted molar refractivity (Wildman–Crippen MR) is 168 cm³/mol. The molecule has 0 bridgehead atoms. The Labute approximate surface area is 255 Å². The number of carbonyl (C=O) groups is 1. The van der Waals surface area contributed by atoms with Crippen molar-refractivity contribution in [1.29, 1.82) is 5.26 Å². The van der Waals surface area contributed by atoms with E-state index in [0.717, 1.165) is 40.3 Å². The van der Waals surface area contributed by atoms with E-state index in [1.807, 2.05) is 12.1 Å². The molecule has 1 atom stereocenters. The standard InChI is InChI=1S/C32H40N4O5SSi/c1-31(2,3)43(5,6)41-23-17-21-9-7-8-10-24(21)26(19-23)22-11-12-25-27(18-22)34-29(42(4,39)40)35-28(25)32(20-33)13-15-36(16-14-32)30(37)38/h7-10,17,19,22H,11-16,18H2,1-6H3,(H,37,38). The van der Waals surface area contributed by atoms with Crippen LogP contribution in [0.2, 0.25) is 18.1 Å². The summed E-state index contributed by atoms with van der Waals surface area (Å²) in [6.07, 6.45) is 2.43. The van der Waals surface area contributed by atoms with Crippen LogP contribution in [0.4, 0.5) is 4.79 Å². The lowest BCUT2D eigenvalue weighted by atomic mass is 9.72. The number of hydrogen-bond acceptors (Lipinski definition) is 7. The van der Waals surface area contributed by atoms with Crippen LogP contribution in [0.15, 0.2) is 41.6 Å². The first kappa shape index (κ1) is 30.9. The van der Waals surface area contributed by atoms with Crippen LogP contribution in [0.5, 0.6) is 5.75 Å². The molecule has 2 aliphatic rings. The molecule has 3 aromatic rings. The minimum absolute atomic E-state index is 0.0370. The summed E-state index contributed by atoms with van der Waals surface area (Å²) >= 11 is 0. The second kappa shape index (κ2) is 10.9. The lowest BCUT2D eigenvalue weighted by Crippen LogP contribution is -2.45. The van der Waals surface area contributed by atoms with Crippen molar-refractivity contribution in [3.8, 4) is 11.8 Å². The number of benzene rings is 2. The lowest BCUT2D eigenvalue weighted by Gasteiger charge is -2.38. The van der Waals surface area contributed by atoms with Crippen molar-refractivity contribution in [2.24, 2.45) is 0 Å². The molecule has 1 aromatic heterocycles.